The molecule has 110 valence electrons. The maximum atomic E-state index is 12.0. The highest BCUT2D eigenvalue weighted by Gasteiger charge is 2.22. The zero-order valence-corrected chi connectivity index (χ0v) is 12.4. The van der Waals surface area contributed by atoms with Crippen LogP contribution in [0, 0.1) is 0 Å². The molecule has 22 heavy (non-hydrogen) atoms. The quantitative estimate of drug-likeness (QED) is 0.728. The normalized spacial score (nSPS) is 10.8. The van der Waals surface area contributed by atoms with Crippen LogP contribution in [-0.4, -0.2) is 21.9 Å². The van der Waals surface area contributed by atoms with Gasteiger partial charge in [0.1, 0.15) is 11.2 Å². The summed E-state index contributed by atoms with van der Waals surface area (Å²) in [4.78, 5) is 23.5. The number of carbonyl (C=O) groups is 2. The largest absolute Gasteiger partial charge is 0.364 e. The summed E-state index contributed by atoms with van der Waals surface area (Å²) in [6.07, 6.45) is 0. The predicted octanol–water partition coefficient (Wildman–Crippen LogP) is 3.18. The minimum atomic E-state index is -0.654. The van der Waals surface area contributed by atoms with E-state index in [4.69, 9.17) is 17.3 Å². The van der Waals surface area contributed by atoms with E-state index in [0.29, 0.717) is 22.0 Å². The average molecular weight is 314 g/mol. The number of rotatable bonds is 3. The van der Waals surface area contributed by atoms with Crippen molar-refractivity contribution in [3.05, 3.63) is 52.7 Å². The first kappa shape index (κ1) is 14.3. The zero-order chi connectivity index (χ0) is 15.9. The molecule has 0 spiro atoms. The second-order valence-electron chi connectivity index (χ2n) is 4.89. The van der Waals surface area contributed by atoms with E-state index < -0.39 is 5.91 Å². The Morgan fingerprint density at radius 1 is 1.23 bits per heavy atom. The van der Waals surface area contributed by atoms with Crippen LogP contribution < -0.4 is 5.73 Å². The van der Waals surface area contributed by atoms with Gasteiger partial charge in [0.15, 0.2) is 5.78 Å². The van der Waals surface area contributed by atoms with Crippen molar-refractivity contribution in [1.29, 1.82) is 0 Å². The lowest BCUT2D eigenvalue weighted by molar-refractivity contribution is 0.0994. The third-order valence-electron chi connectivity index (χ3n) is 3.47. The van der Waals surface area contributed by atoms with E-state index in [1.54, 1.807) is 6.07 Å². The van der Waals surface area contributed by atoms with Crippen molar-refractivity contribution in [3.63, 3.8) is 0 Å². The summed E-state index contributed by atoms with van der Waals surface area (Å²) in [6, 6.07) is 10.9. The molecular weight excluding hydrogens is 302 g/mol. The van der Waals surface area contributed by atoms with Gasteiger partial charge < -0.3 is 5.73 Å². The number of nitrogens with two attached hydrogens (primary N) is 1. The molecule has 2 aromatic carbocycles. The Morgan fingerprint density at radius 3 is 2.50 bits per heavy atom. The van der Waals surface area contributed by atoms with Gasteiger partial charge in [0.05, 0.1) is 10.4 Å². The molecule has 0 radical (unpaired) electrons. The summed E-state index contributed by atoms with van der Waals surface area (Å²) in [6.45, 7) is 1.46. The first-order valence-electron chi connectivity index (χ1n) is 6.57. The van der Waals surface area contributed by atoms with Gasteiger partial charge in [-0.15, -0.1) is 0 Å². The van der Waals surface area contributed by atoms with Crippen molar-refractivity contribution in [2.24, 2.45) is 5.73 Å². The van der Waals surface area contributed by atoms with Crippen LogP contribution in [0.5, 0.6) is 0 Å². The second-order valence-corrected chi connectivity index (χ2v) is 5.30. The number of halogens is 1. The van der Waals surface area contributed by atoms with Gasteiger partial charge in [0.25, 0.3) is 5.91 Å². The molecule has 0 aliphatic rings. The lowest BCUT2D eigenvalue weighted by atomic mass is 9.94. The van der Waals surface area contributed by atoms with Gasteiger partial charge in [0, 0.05) is 11.1 Å². The maximum Gasteiger partial charge on any atom is 0.267 e. The van der Waals surface area contributed by atoms with Gasteiger partial charge in [-0.1, -0.05) is 41.9 Å². The molecule has 0 fully saturated rings. The topological polar surface area (TPSA) is 88.8 Å². The zero-order valence-electron chi connectivity index (χ0n) is 11.7. The van der Waals surface area contributed by atoms with Crippen LogP contribution >= 0.6 is 11.6 Å². The number of fused-ring (bicyclic) bond motifs is 1. The van der Waals surface area contributed by atoms with Crippen molar-refractivity contribution >= 4 is 34.2 Å². The summed E-state index contributed by atoms with van der Waals surface area (Å²) < 4.78 is 0. The summed E-state index contributed by atoms with van der Waals surface area (Å²) in [5.41, 5.74) is 7.83. The number of ketones is 1. The molecule has 5 nitrogen and oxygen atoms in total. The van der Waals surface area contributed by atoms with Gasteiger partial charge in [-0.05, 0) is 18.6 Å². The van der Waals surface area contributed by atoms with E-state index in [-0.39, 0.29) is 16.5 Å². The third kappa shape index (κ3) is 2.16. The van der Waals surface area contributed by atoms with E-state index >= 15 is 0 Å². The number of carbonyl (C=O) groups excluding carboxylic acids is 2. The number of amides is 1. The van der Waals surface area contributed by atoms with Crippen molar-refractivity contribution in [2.75, 3.05) is 0 Å². The molecule has 3 aromatic rings. The van der Waals surface area contributed by atoms with Crippen molar-refractivity contribution in [1.82, 2.24) is 10.2 Å². The standard InChI is InChI=1S/C16H12ClN3O2/c1-8(21)10-7-11(17)13-14(19-20-15(13)16(18)22)12(10)9-5-3-2-4-6-9/h2-7H,1H3,(H2,18,22)(H,19,20). The number of aromatic amines is 1. The van der Waals surface area contributed by atoms with Crippen LogP contribution in [-0.2, 0) is 0 Å². The monoisotopic (exact) mass is 313 g/mol. The highest BCUT2D eigenvalue weighted by atomic mass is 35.5. The van der Waals surface area contributed by atoms with Crippen molar-refractivity contribution < 1.29 is 9.59 Å². The predicted molar refractivity (Wildman–Crippen MR) is 85.1 cm³/mol. The molecule has 3 rings (SSSR count). The fourth-order valence-electron chi connectivity index (χ4n) is 2.51. The van der Waals surface area contributed by atoms with Crippen LogP contribution in [0.1, 0.15) is 27.8 Å². The van der Waals surface area contributed by atoms with Crippen LogP contribution in [0.3, 0.4) is 0 Å². The lowest BCUT2D eigenvalue weighted by Gasteiger charge is -2.10. The van der Waals surface area contributed by atoms with Gasteiger partial charge in [-0.2, -0.15) is 5.10 Å². The number of nitrogens with one attached hydrogen (secondary N) is 1. The van der Waals surface area contributed by atoms with Crippen LogP contribution in [0.2, 0.25) is 5.02 Å². The number of Topliss-reactive ketones (excluding diaryl/α,β-unsaturated/α-hetero) is 1. The number of H-pyrrole nitrogens is 1. The number of nitrogens with zero attached hydrogens (tertiary/aromatic N) is 1. The van der Waals surface area contributed by atoms with E-state index in [0.717, 1.165) is 5.56 Å². The Morgan fingerprint density at radius 2 is 1.91 bits per heavy atom. The van der Waals surface area contributed by atoms with Crippen LogP contribution in [0.15, 0.2) is 36.4 Å². The molecule has 0 saturated heterocycles. The smallest absolute Gasteiger partial charge is 0.267 e. The Bertz CT molecular complexity index is 901. The Hall–Kier alpha value is -2.66. The molecule has 6 heteroatoms. The molecule has 0 atom stereocenters. The lowest BCUT2D eigenvalue weighted by Crippen LogP contribution is -2.12. The third-order valence-corrected chi connectivity index (χ3v) is 3.77. The molecule has 1 amide bonds. The molecule has 0 unspecified atom stereocenters. The summed E-state index contributed by atoms with van der Waals surface area (Å²) in [5.74, 6) is -0.787. The maximum absolute atomic E-state index is 12.0. The number of benzene rings is 2. The minimum absolute atomic E-state index is 0.132. The van der Waals surface area contributed by atoms with Crippen LogP contribution in [0.4, 0.5) is 0 Å². The number of hydrogen-bond donors (Lipinski definition) is 2. The molecule has 0 aliphatic carbocycles. The average Bonchev–Trinajstić information content (AvgIpc) is 2.93. The van der Waals surface area contributed by atoms with Crippen molar-refractivity contribution in [3.8, 4) is 11.1 Å². The first-order valence-corrected chi connectivity index (χ1v) is 6.95. The van der Waals surface area contributed by atoms with Crippen molar-refractivity contribution in [2.45, 2.75) is 6.92 Å². The van der Waals surface area contributed by atoms with E-state index in [2.05, 4.69) is 10.2 Å². The Balaban J connectivity index is 2.47. The summed E-state index contributed by atoms with van der Waals surface area (Å²) in [5, 5.41) is 7.46. The Kier molecular flexibility index (Phi) is 3.42. The second kappa shape index (κ2) is 5.27. The molecule has 1 aromatic heterocycles. The minimum Gasteiger partial charge on any atom is -0.364 e. The highest BCUT2D eigenvalue weighted by molar-refractivity contribution is 6.38. The fraction of sp³-hybridized carbons (Fsp3) is 0.0625. The number of primary amides is 1. The fourth-order valence-corrected chi connectivity index (χ4v) is 2.80. The highest BCUT2D eigenvalue weighted by Crippen LogP contribution is 2.37. The Labute approximate surface area is 131 Å². The van der Waals surface area contributed by atoms with Crippen LogP contribution in [0.25, 0.3) is 22.0 Å². The van der Waals surface area contributed by atoms with Gasteiger partial charge >= 0.3 is 0 Å². The molecule has 1 heterocycles. The molecule has 0 bridgehead atoms. The van der Waals surface area contributed by atoms with Gasteiger partial charge in [-0.3, -0.25) is 14.7 Å². The summed E-state index contributed by atoms with van der Waals surface area (Å²) >= 11 is 6.24. The SMILES string of the molecule is CC(=O)c1cc(Cl)c2c(C(N)=O)[nH]nc2c1-c1ccccc1. The molecule has 3 N–H and O–H groups in total. The van der Waals surface area contributed by atoms with Gasteiger partial charge in [0.2, 0.25) is 0 Å². The van der Waals surface area contributed by atoms with E-state index in [1.165, 1.54) is 6.92 Å². The van der Waals surface area contributed by atoms with E-state index in [1.807, 2.05) is 30.3 Å². The molecular formula is C16H12ClN3O2. The molecule has 0 aliphatic heterocycles. The van der Waals surface area contributed by atoms with Gasteiger partial charge in [-0.25, -0.2) is 0 Å². The molecule has 0 saturated carbocycles. The number of aromatic nitrogens is 2. The number of hydrogen-bond acceptors (Lipinski definition) is 3. The van der Waals surface area contributed by atoms with E-state index in [9.17, 15) is 9.59 Å². The first-order chi connectivity index (χ1) is 10.5. The summed E-state index contributed by atoms with van der Waals surface area (Å²) in [7, 11) is 0.